The molecule has 0 spiro atoms. The minimum atomic E-state index is 0.931. The molecule has 35 heavy (non-hydrogen) atoms. The predicted molar refractivity (Wildman–Crippen MR) is 149 cm³/mol. The van der Waals surface area contributed by atoms with E-state index in [0.717, 1.165) is 33.4 Å². The van der Waals surface area contributed by atoms with Gasteiger partial charge in [-0.1, -0.05) is 78.9 Å². The molecule has 3 heteroatoms. The van der Waals surface area contributed by atoms with Crippen molar-refractivity contribution in [2.45, 2.75) is 0 Å². The number of rotatable bonds is 3. The lowest BCUT2D eigenvalue weighted by Gasteiger charge is -2.10. The normalized spacial score (nSPS) is 11.4. The van der Waals surface area contributed by atoms with Crippen molar-refractivity contribution >= 4 is 42.4 Å². The van der Waals surface area contributed by atoms with Crippen LogP contribution in [0.2, 0.25) is 0 Å². The fourth-order valence-electron chi connectivity index (χ4n) is 4.78. The molecule has 0 aliphatic carbocycles. The molecule has 7 aromatic rings. The van der Waals surface area contributed by atoms with Crippen LogP contribution in [0.15, 0.2) is 121 Å². The van der Waals surface area contributed by atoms with E-state index in [1.807, 2.05) is 41.8 Å². The summed E-state index contributed by atoms with van der Waals surface area (Å²) in [6.45, 7) is 0. The van der Waals surface area contributed by atoms with Crippen molar-refractivity contribution in [2.24, 2.45) is 0 Å². The van der Waals surface area contributed by atoms with Crippen molar-refractivity contribution in [1.29, 1.82) is 0 Å². The number of nitrogens with zero attached hydrogens (tertiary/aromatic N) is 2. The quantitative estimate of drug-likeness (QED) is 0.261. The first-order chi connectivity index (χ1) is 17.3. The average molecular weight is 465 g/mol. The van der Waals surface area contributed by atoms with Crippen LogP contribution in [0.5, 0.6) is 0 Å². The first-order valence-corrected chi connectivity index (χ1v) is 12.5. The van der Waals surface area contributed by atoms with Crippen LogP contribution in [-0.2, 0) is 0 Å². The zero-order chi connectivity index (χ0) is 23.2. The summed E-state index contributed by atoms with van der Waals surface area (Å²) in [5.41, 5.74) is 7.46. The zero-order valence-corrected chi connectivity index (χ0v) is 19.7. The Morgan fingerprint density at radius 3 is 2.09 bits per heavy atom. The second kappa shape index (κ2) is 8.15. The molecule has 3 heterocycles. The summed E-state index contributed by atoms with van der Waals surface area (Å²) < 4.78 is 2.66. The molecule has 0 amide bonds. The van der Waals surface area contributed by atoms with Gasteiger partial charge in [0.2, 0.25) is 0 Å². The lowest BCUT2D eigenvalue weighted by Crippen LogP contribution is -1.92. The summed E-state index contributed by atoms with van der Waals surface area (Å²) in [6.07, 6.45) is 1.84. The summed E-state index contributed by atoms with van der Waals surface area (Å²) in [4.78, 5) is 9.70. The van der Waals surface area contributed by atoms with E-state index in [2.05, 4.69) is 96.0 Å². The van der Waals surface area contributed by atoms with Crippen molar-refractivity contribution in [3.63, 3.8) is 0 Å². The van der Waals surface area contributed by atoms with Gasteiger partial charge >= 0.3 is 0 Å². The predicted octanol–water partition coefficient (Wildman–Crippen LogP) is 9.00. The fourth-order valence-corrected chi connectivity index (χ4v) is 5.86. The fraction of sp³-hybridized carbons (Fsp3) is 0. The Morgan fingerprint density at radius 1 is 0.486 bits per heavy atom. The molecule has 0 atom stereocenters. The van der Waals surface area contributed by atoms with Crippen LogP contribution in [0.3, 0.4) is 0 Å². The van der Waals surface area contributed by atoms with E-state index in [9.17, 15) is 0 Å². The van der Waals surface area contributed by atoms with Crippen molar-refractivity contribution in [2.75, 3.05) is 0 Å². The summed E-state index contributed by atoms with van der Waals surface area (Å²) in [5, 5.41) is 3.71. The number of pyridine rings is 2. The summed E-state index contributed by atoms with van der Waals surface area (Å²) in [5.74, 6) is 0. The van der Waals surface area contributed by atoms with Gasteiger partial charge in [0.15, 0.2) is 0 Å². The van der Waals surface area contributed by atoms with Gasteiger partial charge in [0.05, 0.1) is 16.9 Å². The highest BCUT2D eigenvalue weighted by Gasteiger charge is 2.11. The number of benzene rings is 4. The largest absolute Gasteiger partial charge is 0.256 e. The average Bonchev–Trinajstić information content (AvgIpc) is 3.31. The highest BCUT2D eigenvalue weighted by atomic mass is 32.1. The van der Waals surface area contributed by atoms with E-state index < -0.39 is 0 Å². The maximum atomic E-state index is 5.07. The monoisotopic (exact) mass is 464 g/mol. The number of hydrogen-bond donors (Lipinski definition) is 0. The molecule has 0 aliphatic rings. The van der Waals surface area contributed by atoms with Crippen molar-refractivity contribution < 1.29 is 0 Å². The second-order valence-corrected chi connectivity index (χ2v) is 9.76. The molecule has 0 N–H and O–H groups in total. The van der Waals surface area contributed by atoms with Gasteiger partial charge in [0, 0.05) is 42.9 Å². The van der Waals surface area contributed by atoms with E-state index >= 15 is 0 Å². The lowest BCUT2D eigenvalue weighted by molar-refractivity contribution is 1.32. The number of fused-ring (bicyclic) bond motifs is 4. The van der Waals surface area contributed by atoms with Gasteiger partial charge in [-0.15, -0.1) is 11.3 Å². The Hall–Kier alpha value is -4.34. The zero-order valence-electron chi connectivity index (χ0n) is 18.8. The van der Waals surface area contributed by atoms with Crippen molar-refractivity contribution in [1.82, 2.24) is 9.97 Å². The molecule has 0 fully saturated rings. The smallest absolute Gasteiger partial charge is 0.0803 e. The van der Waals surface area contributed by atoms with Crippen molar-refractivity contribution in [3.05, 3.63) is 121 Å². The van der Waals surface area contributed by atoms with Crippen molar-refractivity contribution in [3.8, 4) is 33.6 Å². The minimum absolute atomic E-state index is 0.931. The van der Waals surface area contributed by atoms with Crippen LogP contribution in [0.1, 0.15) is 0 Å². The first-order valence-electron chi connectivity index (χ1n) is 11.7. The molecule has 0 aliphatic heterocycles. The van der Waals surface area contributed by atoms with Crippen LogP contribution in [0.4, 0.5) is 0 Å². The Kier molecular flexibility index (Phi) is 4.68. The molecule has 164 valence electrons. The van der Waals surface area contributed by atoms with Crippen LogP contribution >= 0.6 is 11.3 Å². The highest BCUT2D eigenvalue weighted by Crippen LogP contribution is 2.37. The standard InChI is InChI=1S/C32H20N2S/c1-2-7-23(8-3-1)32-26-10-6-18-33-29(26)20-28(34-32)22-14-12-21(13-15-22)24-16-17-31-27(19-24)25-9-4-5-11-30(25)35-31/h1-20H. The third-order valence-corrected chi connectivity index (χ3v) is 7.69. The van der Waals surface area contributed by atoms with Gasteiger partial charge in [-0.2, -0.15) is 0 Å². The van der Waals surface area contributed by atoms with E-state index in [1.54, 1.807) is 0 Å². The molecule has 4 aromatic carbocycles. The van der Waals surface area contributed by atoms with E-state index in [1.165, 1.54) is 31.3 Å². The Labute approximate surface area is 207 Å². The van der Waals surface area contributed by atoms with Gasteiger partial charge in [-0.25, -0.2) is 4.98 Å². The SMILES string of the molecule is c1ccc(-c2nc(-c3ccc(-c4ccc5sc6ccccc6c5c4)cc3)cc3ncccc23)cc1. The Balaban J connectivity index is 1.31. The maximum absolute atomic E-state index is 5.07. The second-order valence-electron chi connectivity index (χ2n) is 8.68. The Bertz CT molecular complexity index is 1830. The highest BCUT2D eigenvalue weighted by molar-refractivity contribution is 7.25. The van der Waals surface area contributed by atoms with Gasteiger partial charge in [0.25, 0.3) is 0 Å². The summed E-state index contributed by atoms with van der Waals surface area (Å²) >= 11 is 1.85. The molecule has 7 rings (SSSR count). The van der Waals surface area contributed by atoms with Gasteiger partial charge < -0.3 is 0 Å². The molecule has 0 saturated heterocycles. The number of thiophene rings is 1. The van der Waals surface area contributed by atoms with Crippen LogP contribution < -0.4 is 0 Å². The van der Waals surface area contributed by atoms with Gasteiger partial charge in [-0.05, 0) is 47.5 Å². The lowest BCUT2D eigenvalue weighted by atomic mass is 9.99. The third kappa shape index (κ3) is 3.49. The molecular formula is C32H20N2S. The van der Waals surface area contributed by atoms with Gasteiger partial charge in [-0.3, -0.25) is 4.98 Å². The minimum Gasteiger partial charge on any atom is -0.256 e. The molecule has 0 unspecified atom stereocenters. The van der Waals surface area contributed by atoms with Crippen LogP contribution in [0, 0.1) is 0 Å². The summed E-state index contributed by atoms with van der Waals surface area (Å²) in [6, 6.07) is 40.6. The Morgan fingerprint density at radius 2 is 1.20 bits per heavy atom. The molecule has 0 bridgehead atoms. The van der Waals surface area contributed by atoms with E-state index in [4.69, 9.17) is 4.98 Å². The number of aromatic nitrogens is 2. The molecular weight excluding hydrogens is 444 g/mol. The summed E-state index contributed by atoms with van der Waals surface area (Å²) in [7, 11) is 0. The van der Waals surface area contributed by atoms with E-state index in [0.29, 0.717) is 0 Å². The molecule has 3 aromatic heterocycles. The van der Waals surface area contributed by atoms with Crippen LogP contribution in [-0.4, -0.2) is 9.97 Å². The first kappa shape index (κ1) is 20.1. The topological polar surface area (TPSA) is 25.8 Å². The molecule has 0 saturated carbocycles. The molecule has 0 radical (unpaired) electrons. The van der Waals surface area contributed by atoms with E-state index in [-0.39, 0.29) is 0 Å². The van der Waals surface area contributed by atoms with Gasteiger partial charge in [0.1, 0.15) is 0 Å². The number of hydrogen-bond acceptors (Lipinski definition) is 3. The van der Waals surface area contributed by atoms with Crippen LogP contribution in [0.25, 0.3) is 64.7 Å². The maximum Gasteiger partial charge on any atom is 0.0803 e. The molecule has 2 nitrogen and oxygen atoms in total. The third-order valence-electron chi connectivity index (χ3n) is 6.54.